The van der Waals surface area contributed by atoms with Crippen LogP contribution in [0.5, 0.6) is 0 Å². The molecule has 2 unspecified atom stereocenters. The molecule has 0 aliphatic heterocycles. The minimum atomic E-state index is -0.586. The number of esters is 1. The molecular formula is C16H24O5. The third-order valence-corrected chi connectivity index (χ3v) is 5.42. The Morgan fingerprint density at radius 1 is 1.14 bits per heavy atom. The number of carbonyl (C=O) groups excluding carboxylic acids is 2. The monoisotopic (exact) mass is 296 g/mol. The molecule has 4 fully saturated rings. The second-order valence-corrected chi connectivity index (χ2v) is 7.21. The average molecular weight is 296 g/mol. The van der Waals surface area contributed by atoms with Crippen molar-refractivity contribution in [1.29, 1.82) is 0 Å². The lowest BCUT2D eigenvalue weighted by molar-refractivity contribution is -0.192. The third kappa shape index (κ3) is 2.74. The Morgan fingerprint density at radius 3 is 2.38 bits per heavy atom. The van der Waals surface area contributed by atoms with Gasteiger partial charge in [0.1, 0.15) is 5.60 Å². The lowest BCUT2D eigenvalue weighted by atomic mass is 9.48. The van der Waals surface area contributed by atoms with Gasteiger partial charge in [-0.2, -0.15) is 0 Å². The van der Waals surface area contributed by atoms with Crippen LogP contribution in [0.15, 0.2) is 0 Å². The lowest BCUT2D eigenvalue weighted by Crippen LogP contribution is -2.58. The highest BCUT2D eigenvalue weighted by Gasteiger charge is 2.60. The number of ether oxygens (including phenoxy) is 3. The smallest absolute Gasteiger partial charge is 0.465 e. The predicted octanol–water partition coefficient (Wildman–Crippen LogP) is 3.06. The molecule has 118 valence electrons. The largest absolute Gasteiger partial charge is 0.508 e. The van der Waals surface area contributed by atoms with Crippen LogP contribution in [-0.4, -0.2) is 31.4 Å². The summed E-state index contributed by atoms with van der Waals surface area (Å²) in [4.78, 5) is 23.1. The SMILES string of the molecule is CCC(=O)OCC12CC3CC(C1)CC(OC(=O)OC)(C3)C2. The van der Waals surface area contributed by atoms with E-state index in [4.69, 9.17) is 14.2 Å². The highest BCUT2D eigenvalue weighted by atomic mass is 16.7. The van der Waals surface area contributed by atoms with Crippen LogP contribution in [0.25, 0.3) is 0 Å². The topological polar surface area (TPSA) is 61.8 Å². The summed E-state index contributed by atoms with van der Waals surface area (Å²) < 4.78 is 15.8. The molecule has 0 saturated heterocycles. The van der Waals surface area contributed by atoms with Crippen molar-refractivity contribution in [3.8, 4) is 0 Å². The quantitative estimate of drug-likeness (QED) is 0.746. The van der Waals surface area contributed by atoms with Gasteiger partial charge in [-0.05, 0) is 50.4 Å². The van der Waals surface area contributed by atoms with E-state index in [0.29, 0.717) is 24.9 Å². The summed E-state index contributed by atoms with van der Waals surface area (Å²) in [5.74, 6) is 1.01. The first-order valence-electron chi connectivity index (χ1n) is 7.91. The molecule has 4 bridgehead atoms. The second kappa shape index (κ2) is 5.18. The Morgan fingerprint density at radius 2 is 1.81 bits per heavy atom. The molecule has 0 amide bonds. The molecule has 21 heavy (non-hydrogen) atoms. The summed E-state index contributed by atoms with van der Waals surface area (Å²) >= 11 is 0. The molecule has 0 aromatic rings. The van der Waals surface area contributed by atoms with Gasteiger partial charge < -0.3 is 14.2 Å². The summed E-state index contributed by atoms with van der Waals surface area (Å²) in [7, 11) is 1.35. The van der Waals surface area contributed by atoms with E-state index in [2.05, 4.69) is 0 Å². The molecule has 0 aromatic heterocycles. The maximum atomic E-state index is 11.6. The molecule has 4 rings (SSSR count). The second-order valence-electron chi connectivity index (χ2n) is 7.21. The maximum absolute atomic E-state index is 11.6. The summed E-state index contributed by atoms with van der Waals surface area (Å²) in [5, 5.41) is 0. The van der Waals surface area contributed by atoms with E-state index in [9.17, 15) is 9.59 Å². The summed E-state index contributed by atoms with van der Waals surface area (Å²) in [6.07, 6.45) is 5.89. The van der Waals surface area contributed by atoms with Gasteiger partial charge in [-0.3, -0.25) is 4.79 Å². The van der Waals surface area contributed by atoms with E-state index >= 15 is 0 Å². The van der Waals surface area contributed by atoms with Gasteiger partial charge in [-0.25, -0.2) is 4.79 Å². The zero-order valence-corrected chi connectivity index (χ0v) is 12.9. The first-order chi connectivity index (χ1) is 9.98. The van der Waals surface area contributed by atoms with Crippen LogP contribution < -0.4 is 0 Å². The number of hydrogen-bond acceptors (Lipinski definition) is 5. The Balaban J connectivity index is 1.74. The summed E-state index contributed by atoms with van der Waals surface area (Å²) in [6.45, 7) is 2.28. The average Bonchev–Trinajstić information content (AvgIpc) is 2.42. The number of methoxy groups -OCH3 is 1. The summed E-state index contributed by atoms with van der Waals surface area (Å²) in [6, 6.07) is 0. The minimum absolute atomic E-state index is 0.00291. The van der Waals surface area contributed by atoms with Crippen molar-refractivity contribution < 1.29 is 23.8 Å². The zero-order valence-electron chi connectivity index (χ0n) is 12.9. The van der Waals surface area contributed by atoms with Gasteiger partial charge in [0.2, 0.25) is 0 Å². The molecule has 0 N–H and O–H groups in total. The minimum Gasteiger partial charge on any atom is -0.465 e. The van der Waals surface area contributed by atoms with Gasteiger partial charge in [0, 0.05) is 11.8 Å². The van der Waals surface area contributed by atoms with E-state index < -0.39 is 11.8 Å². The van der Waals surface area contributed by atoms with Crippen molar-refractivity contribution in [2.24, 2.45) is 17.3 Å². The van der Waals surface area contributed by atoms with Crippen molar-refractivity contribution in [3.63, 3.8) is 0 Å². The van der Waals surface area contributed by atoms with Gasteiger partial charge in [0.05, 0.1) is 13.7 Å². The van der Waals surface area contributed by atoms with Crippen molar-refractivity contribution >= 4 is 12.1 Å². The summed E-state index contributed by atoms with van der Waals surface area (Å²) in [5.41, 5.74) is -0.390. The fourth-order valence-corrected chi connectivity index (χ4v) is 5.21. The van der Waals surface area contributed by atoms with Crippen molar-refractivity contribution in [1.82, 2.24) is 0 Å². The van der Waals surface area contributed by atoms with Crippen LogP contribution in [-0.2, 0) is 19.0 Å². The fourth-order valence-electron chi connectivity index (χ4n) is 5.21. The van der Waals surface area contributed by atoms with Gasteiger partial charge in [-0.1, -0.05) is 6.92 Å². The van der Waals surface area contributed by atoms with E-state index in [1.54, 1.807) is 0 Å². The normalized spacial score (nSPS) is 39.9. The zero-order chi connectivity index (χ0) is 15.1. The fraction of sp³-hybridized carbons (Fsp3) is 0.875. The number of rotatable bonds is 4. The van der Waals surface area contributed by atoms with Crippen LogP contribution in [0, 0.1) is 17.3 Å². The van der Waals surface area contributed by atoms with Gasteiger partial charge in [0.15, 0.2) is 0 Å². The standard InChI is InChI=1S/C16H24O5/c1-3-13(17)20-10-15-5-11-4-12(6-15)8-16(7-11,9-15)21-14(18)19-2/h11-12H,3-10H2,1-2H3. The van der Waals surface area contributed by atoms with Crippen molar-refractivity contribution in [3.05, 3.63) is 0 Å². The predicted molar refractivity (Wildman–Crippen MR) is 74.6 cm³/mol. The molecule has 0 aromatic carbocycles. The molecule has 4 aliphatic carbocycles. The molecule has 5 nitrogen and oxygen atoms in total. The Kier molecular flexibility index (Phi) is 3.62. The van der Waals surface area contributed by atoms with Gasteiger partial charge in [0.25, 0.3) is 0 Å². The number of carbonyl (C=O) groups is 2. The van der Waals surface area contributed by atoms with Gasteiger partial charge >= 0.3 is 12.1 Å². The van der Waals surface area contributed by atoms with E-state index in [-0.39, 0.29) is 11.4 Å². The molecule has 4 aliphatic rings. The van der Waals surface area contributed by atoms with Crippen LogP contribution in [0.1, 0.15) is 51.9 Å². The number of hydrogen-bond donors (Lipinski definition) is 0. The Bertz CT molecular complexity index is 430. The van der Waals surface area contributed by atoms with E-state index in [1.807, 2.05) is 6.92 Å². The first-order valence-corrected chi connectivity index (χ1v) is 7.91. The van der Waals surface area contributed by atoms with Crippen LogP contribution >= 0.6 is 0 Å². The van der Waals surface area contributed by atoms with Crippen molar-refractivity contribution in [2.75, 3.05) is 13.7 Å². The van der Waals surface area contributed by atoms with Crippen LogP contribution in [0.4, 0.5) is 4.79 Å². The molecular weight excluding hydrogens is 272 g/mol. The Hall–Kier alpha value is -1.26. The van der Waals surface area contributed by atoms with E-state index in [1.165, 1.54) is 13.5 Å². The molecule has 0 spiro atoms. The molecule has 0 heterocycles. The third-order valence-electron chi connectivity index (χ3n) is 5.42. The van der Waals surface area contributed by atoms with Crippen LogP contribution in [0.2, 0.25) is 0 Å². The van der Waals surface area contributed by atoms with Gasteiger partial charge in [-0.15, -0.1) is 0 Å². The van der Waals surface area contributed by atoms with Crippen molar-refractivity contribution in [2.45, 2.75) is 57.5 Å². The molecule has 0 radical (unpaired) electrons. The lowest BCUT2D eigenvalue weighted by Gasteiger charge is -2.60. The molecule has 2 atom stereocenters. The molecule has 5 heteroatoms. The van der Waals surface area contributed by atoms with E-state index in [0.717, 1.165) is 32.1 Å². The first kappa shape index (κ1) is 14.7. The maximum Gasteiger partial charge on any atom is 0.508 e. The molecule has 4 saturated carbocycles. The highest BCUT2D eigenvalue weighted by Crippen LogP contribution is 2.62. The Labute approximate surface area is 125 Å². The highest BCUT2D eigenvalue weighted by molar-refractivity contribution is 5.68. The van der Waals surface area contributed by atoms with Crippen LogP contribution in [0.3, 0.4) is 0 Å².